The third kappa shape index (κ3) is 4.12. The molecule has 3 rings (SSSR count). The van der Waals surface area contributed by atoms with E-state index < -0.39 is 0 Å². The van der Waals surface area contributed by atoms with Crippen LogP contribution in [0.15, 0.2) is 12.1 Å². The molecule has 0 radical (unpaired) electrons. The van der Waals surface area contributed by atoms with Gasteiger partial charge in [-0.15, -0.1) is 11.6 Å². The van der Waals surface area contributed by atoms with Gasteiger partial charge in [-0.3, -0.25) is 0 Å². The van der Waals surface area contributed by atoms with Crippen molar-refractivity contribution in [3.63, 3.8) is 0 Å². The Hall–Kier alpha value is -0.760. The maximum Gasteiger partial charge on any atom is 0.129 e. The van der Waals surface area contributed by atoms with Crippen LogP contribution in [-0.2, 0) is 11.3 Å². The minimum atomic E-state index is 0.0711. The van der Waals surface area contributed by atoms with Crippen LogP contribution in [0.5, 0.6) is 0 Å². The van der Waals surface area contributed by atoms with Crippen molar-refractivity contribution in [2.75, 3.05) is 18.0 Å². The summed E-state index contributed by atoms with van der Waals surface area (Å²) < 4.78 is 0. The Morgan fingerprint density at radius 1 is 1.10 bits per heavy atom. The fraction of sp³-hybridized carbons (Fsp3) is 0.722. The second kappa shape index (κ2) is 5.79. The molecule has 2 nitrogen and oxygen atoms in total. The summed E-state index contributed by atoms with van der Waals surface area (Å²) in [6.45, 7) is 9.04. The Labute approximate surface area is 133 Å². The molecule has 0 saturated heterocycles. The molecule has 0 aromatic carbocycles. The van der Waals surface area contributed by atoms with Crippen molar-refractivity contribution in [3.05, 3.63) is 23.4 Å². The van der Waals surface area contributed by atoms with E-state index >= 15 is 0 Å². The number of anilines is 1. The van der Waals surface area contributed by atoms with Crippen molar-refractivity contribution in [1.29, 1.82) is 0 Å². The number of nitrogens with zero attached hydrogens (tertiary/aromatic N) is 2. The molecular weight excluding hydrogens is 280 g/mol. The van der Waals surface area contributed by atoms with Gasteiger partial charge in [-0.1, -0.05) is 20.8 Å². The Morgan fingerprint density at radius 2 is 1.67 bits per heavy atom. The van der Waals surface area contributed by atoms with Gasteiger partial charge in [0.25, 0.3) is 0 Å². The SMILES string of the molecule is CC(C)(C)c1cc(CCl)cc(N(CC2CC2)CC2CC2)n1. The highest BCUT2D eigenvalue weighted by molar-refractivity contribution is 6.17. The molecule has 1 aromatic heterocycles. The molecule has 2 aliphatic carbocycles. The molecule has 21 heavy (non-hydrogen) atoms. The summed E-state index contributed by atoms with van der Waals surface area (Å²) in [5, 5.41) is 0. The first kappa shape index (κ1) is 15.1. The summed E-state index contributed by atoms with van der Waals surface area (Å²) in [4.78, 5) is 7.51. The van der Waals surface area contributed by atoms with Crippen molar-refractivity contribution >= 4 is 17.4 Å². The van der Waals surface area contributed by atoms with Crippen LogP contribution in [0, 0.1) is 11.8 Å². The van der Waals surface area contributed by atoms with Crippen LogP contribution in [0.1, 0.15) is 57.7 Å². The van der Waals surface area contributed by atoms with E-state index in [2.05, 4.69) is 37.8 Å². The monoisotopic (exact) mass is 306 g/mol. The third-order valence-corrected chi connectivity index (χ3v) is 4.78. The van der Waals surface area contributed by atoms with Gasteiger partial charge in [0.05, 0.1) is 0 Å². The summed E-state index contributed by atoms with van der Waals surface area (Å²) in [6.07, 6.45) is 5.57. The molecule has 2 fully saturated rings. The van der Waals surface area contributed by atoms with E-state index in [1.165, 1.54) is 44.3 Å². The van der Waals surface area contributed by atoms with Crippen LogP contribution in [-0.4, -0.2) is 18.1 Å². The molecule has 0 bridgehead atoms. The molecule has 0 aliphatic heterocycles. The first-order valence-corrected chi connectivity index (χ1v) is 8.81. The molecule has 2 aliphatic rings. The van der Waals surface area contributed by atoms with Crippen molar-refractivity contribution in [1.82, 2.24) is 4.98 Å². The summed E-state index contributed by atoms with van der Waals surface area (Å²) in [6, 6.07) is 4.37. The number of rotatable bonds is 6. The van der Waals surface area contributed by atoms with Gasteiger partial charge in [-0.2, -0.15) is 0 Å². The van der Waals surface area contributed by atoms with Crippen molar-refractivity contribution in [3.8, 4) is 0 Å². The Kier molecular flexibility index (Phi) is 4.18. The zero-order valence-electron chi connectivity index (χ0n) is 13.5. The van der Waals surface area contributed by atoms with Crippen molar-refractivity contribution in [2.24, 2.45) is 11.8 Å². The standard InChI is InChI=1S/C18H27ClN2/c1-18(2,3)16-8-15(10-19)9-17(20-16)21(11-13-4-5-13)12-14-6-7-14/h8-9,13-14H,4-7,10-12H2,1-3H3. The van der Waals surface area contributed by atoms with E-state index in [4.69, 9.17) is 16.6 Å². The first-order chi connectivity index (χ1) is 9.95. The van der Waals surface area contributed by atoms with Gasteiger partial charge >= 0.3 is 0 Å². The van der Waals surface area contributed by atoms with Crippen LogP contribution in [0.4, 0.5) is 5.82 Å². The molecule has 0 N–H and O–H groups in total. The van der Waals surface area contributed by atoms with Crippen LogP contribution in [0.25, 0.3) is 0 Å². The largest absolute Gasteiger partial charge is 0.356 e. The van der Waals surface area contributed by atoms with Crippen molar-refractivity contribution in [2.45, 2.75) is 57.7 Å². The molecule has 3 heteroatoms. The third-order valence-electron chi connectivity index (χ3n) is 4.47. The van der Waals surface area contributed by atoms with Crippen LogP contribution < -0.4 is 4.90 Å². The van der Waals surface area contributed by atoms with Crippen LogP contribution in [0.2, 0.25) is 0 Å². The van der Waals surface area contributed by atoms with Gasteiger partial charge in [0.2, 0.25) is 0 Å². The molecule has 1 heterocycles. The average Bonchev–Trinajstić information content (AvgIpc) is 3.31. The highest BCUT2D eigenvalue weighted by Gasteiger charge is 2.30. The number of aromatic nitrogens is 1. The van der Waals surface area contributed by atoms with Gasteiger partial charge in [0.1, 0.15) is 5.82 Å². The average molecular weight is 307 g/mol. The van der Waals surface area contributed by atoms with Crippen molar-refractivity contribution < 1.29 is 0 Å². The van der Waals surface area contributed by atoms with E-state index in [9.17, 15) is 0 Å². The lowest BCUT2D eigenvalue weighted by molar-refractivity contribution is 0.565. The normalized spacial score (nSPS) is 18.9. The highest BCUT2D eigenvalue weighted by atomic mass is 35.5. The van der Waals surface area contributed by atoms with E-state index in [-0.39, 0.29) is 5.41 Å². The first-order valence-electron chi connectivity index (χ1n) is 8.28. The topological polar surface area (TPSA) is 16.1 Å². The van der Waals surface area contributed by atoms with Gasteiger partial charge in [0, 0.05) is 30.1 Å². The summed E-state index contributed by atoms with van der Waals surface area (Å²) in [7, 11) is 0. The summed E-state index contributed by atoms with van der Waals surface area (Å²) in [5.74, 6) is 3.50. The number of hydrogen-bond acceptors (Lipinski definition) is 2. The van der Waals surface area contributed by atoms with E-state index in [1.54, 1.807) is 0 Å². The quantitative estimate of drug-likeness (QED) is 0.705. The molecule has 0 spiro atoms. The Bertz CT molecular complexity index is 484. The minimum absolute atomic E-state index is 0.0711. The van der Waals surface area contributed by atoms with Gasteiger partial charge in [0.15, 0.2) is 0 Å². The molecule has 116 valence electrons. The maximum absolute atomic E-state index is 6.12. The summed E-state index contributed by atoms with van der Waals surface area (Å²) in [5.41, 5.74) is 2.43. The zero-order chi connectivity index (χ0) is 15.0. The smallest absolute Gasteiger partial charge is 0.129 e. The van der Waals surface area contributed by atoms with E-state index in [1.807, 2.05) is 0 Å². The van der Waals surface area contributed by atoms with Gasteiger partial charge < -0.3 is 4.90 Å². The fourth-order valence-electron chi connectivity index (χ4n) is 2.68. The molecule has 0 atom stereocenters. The molecule has 2 saturated carbocycles. The lowest BCUT2D eigenvalue weighted by Crippen LogP contribution is -2.30. The second-order valence-electron chi connectivity index (χ2n) is 7.89. The predicted octanol–water partition coefficient (Wildman–Crippen LogP) is 4.74. The van der Waals surface area contributed by atoms with Gasteiger partial charge in [-0.05, 0) is 55.2 Å². The maximum atomic E-state index is 6.12. The molecular formula is C18H27ClN2. The highest BCUT2D eigenvalue weighted by Crippen LogP contribution is 2.36. The molecule has 1 aromatic rings. The Morgan fingerprint density at radius 3 is 2.10 bits per heavy atom. The number of alkyl halides is 1. The summed E-state index contributed by atoms with van der Waals surface area (Å²) >= 11 is 6.12. The van der Waals surface area contributed by atoms with Crippen LogP contribution in [0.3, 0.4) is 0 Å². The van der Waals surface area contributed by atoms with E-state index in [0.717, 1.165) is 23.3 Å². The number of pyridine rings is 1. The lowest BCUT2D eigenvalue weighted by atomic mass is 9.91. The number of hydrogen-bond donors (Lipinski definition) is 0. The predicted molar refractivity (Wildman–Crippen MR) is 90.2 cm³/mol. The van der Waals surface area contributed by atoms with Gasteiger partial charge in [-0.25, -0.2) is 4.98 Å². The molecule has 0 unspecified atom stereocenters. The Balaban J connectivity index is 1.88. The lowest BCUT2D eigenvalue weighted by Gasteiger charge is -2.27. The number of halogens is 1. The molecule has 0 amide bonds. The zero-order valence-corrected chi connectivity index (χ0v) is 14.3. The fourth-order valence-corrected chi connectivity index (χ4v) is 2.83. The minimum Gasteiger partial charge on any atom is -0.356 e. The van der Waals surface area contributed by atoms with E-state index in [0.29, 0.717) is 5.88 Å². The van der Waals surface area contributed by atoms with Crippen LogP contribution >= 0.6 is 11.6 Å². The second-order valence-corrected chi connectivity index (χ2v) is 8.16.